The van der Waals surface area contributed by atoms with Crippen LogP contribution in [0.1, 0.15) is 13.8 Å². The van der Waals surface area contributed by atoms with E-state index >= 15 is 0 Å². The minimum atomic E-state index is -0.549. The molecule has 0 N–H and O–H groups in total. The second kappa shape index (κ2) is 4.54. The molecule has 0 aromatic carbocycles. The van der Waals surface area contributed by atoms with Crippen LogP contribution in [0.25, 0.3) is 0 Å². The van der Waals surface area contributed by atoms with Gasteiger partial charge >= 0.3 is 5.97 Å². The van der Waals surface area contributed by atoms with Crippen molar-refractivity contribution in [3.8, 4) is 0 Å². The van der Waals surface area contributed by atoms with Crippen molar-refractivity contribution in [3.05, 3.63) is 12.2 Å². The SMILES string of the molecule is C=C(C)C(=O)OC(C)N(C)C=O. The number of esters is 1. The zero-order valence-electron chi connectivity index (χ0n) is 7.53. The molecule has 0 radical (unpaired) electrons. The Bertz CT molecular complexity index is 200. The average molecular weight is 171 g/mol. The van der Waals surface area contributed by atoms with Crippen molar-refractivity contribution >= 4 is 12.4 Å². The Morgan fingerprint density at radius 1 is 1.67 bits per heavy atom. The van der Waals surface area contributed by atoms with Crippen LogP contribution in [0.3, 0.4) is 0 Å². The summed E-state index contributed by atoms with van der Waals surface area (Å²) in [6, 6.07) is 0. The zero-order chi connectivity index (χ0) is 9.72. The second-order valence-electron chi connectivity index (χ2n) is 2.56. The third kappa shape index (κ3) is 3.18. The lowest BCUT2D eigenvalue weighted by molar-refractivity contribution is -0.153. The number of nitrogens with zero attached hydrogens (tertiary/aromatic N) is 1. The van der Waals surface area contributed by atoms with Gasteiger partial charge < -0.3 is 9.64 Å². The van der Waals surface area contributed by atoms with E-state index in [0.29, 0.717) is 12.0 Å². The molecule has 0 rings (SSSR count). The third-order valence-corrected chi connectivity index (χ3v) is 1.37. The van der Waals surface area contributed by atoms with E-state index in [1.54, 1.807) is 13.8 Å². The normalized spacial score (nSPS) is 11.6. The van der Waals surface area contributed by atoms with Gasteiger partial charge in [-0.25, -0.2) is 4.79 Å². The molecule has 0 aliphatic heterocycles. The maximum Gasteiger partial charge on any atom is 0.335 e. The van der Waals surface area contributed by atoms with Crippen molar-refractivity contribution < 1.29 is 14.3 Å². The molecule has 0 aromatic rings. The smallest absolute Gasteiger partial charge is 0.335 e. The predicted octanol–water partition coefficient (Wildman–Crippen LogP) is 0.540. The number of ether oxygens (including phenoxy) is 1. The summed E-state index contributed by atoms with van der Waals surface area (Å²) in [7, 11) is 1.53. The van der Waals surface area contributed by atoms with Crippen molar-refractivity contribution in [2.45, 2.75) is 20.1 Å². The lowest BCUT2D eigenvalue weighted by Gasteiger charge is -2.20. The number of carbonyl (C=O) groups is 2. The Balaban J connectivity index is 4.00. The molecule has 1 amide bonds. The third-order valence-electron chi connectivity index (χ3n) is 1.37. The number of hydrogen-bond acceptors (Lipinski definition) is 3. The van der Waals surface area contributed by atoms with Gasteiger partial charge in [-0.1, -0.05) is 6.58 Å². The Labute approximate surface area is 71.8 Å². The first-order valence-electron chi connectivity index (χ1n) is 3.52. The highest BCUT2D eigenvalue weighted by molar-refractivity contribution is 5.87. The van der Waals surface area contributed by atoms with Crippen LogP contribution in [0.15, 0.2) is 12.2 Å². The van der Waals surface area contributed by atoms with Gasteiger partial charge in [0, 0.05) is 12.6 Å². The molecular formula is C8H13NO3. The minimum Gasteiger partial charge on any atom is -0.438 e. The summed E-state index contributed by atoms with van der Waals surface area (Å²) in [5, 5.41) is 0. The van der Waals surface area contributed by atoms with Crippen LogP contribution in [0.2, 0.25) is 0 Å². The largest absolute Gasteiger partial charge is 0.438 e. The van der Waals surface area contributed by atoms with Crippen LogP contribution in [-0.4, -0.2) is 30.6 Å². The summed E-state index contributed by atoms with van der Waals surface area (Å²) in [4.78, 5) is 22.4. The molecule has 1 unspecified atom stereocenters. The molecular weight excluding hydrogens is 158 g/mol. The number of carbonyl (C=O) groups excluding carboxylic acids is 2. The molecule has 0 aromatic heterocycles. The highest BCUT2D eigenvalue weighted by Crippen LogP contribution is 1.99. The Morgan fingerprint density at radius 2 is 2.17 bits per heavy atom. The molecule has 0 saturated heterocycles. The predicted molar refractivity (Wildman–Crippen MR) is 44.2 cm³/mol. The highest BCUT2D eigenvalue weighted by Gasteiger charge is 2.12. The molecule has 12 heavy (non-hydrogen) atoms. The van der Waals surface area contributed by atoms with E-state index < -0.39 is 12.2 Å². The number of amides is 1. The van der Waals surface area contributed by atoms with Crippen LogP contribution in [0, 0.1) is 0 Å². The fourth-order valence-electron chi connectivity index (χ4n) is 0.424. The van der Waals surface area contributed by atoms with E-state index in [1.807, 2.05) is 0 Å². The van der Waals surface area contributed by atoms with Gasteiger partial charge in [0.05, 0.1) is 0 Å². The highest BCUT2D eigenvalue weighted by atomic mass is 16.6. The van der Waals surface area contributed by atoms with Crippen molar-refractivity contribution in [2.24, 2.45) is 0 Å². The quantitative estimate of drug-likeness (QED) is 0.268. The summed E-state index contributed by atoms with van der Waals surface area (Å²) in [5.41, 5.74) is 0.321. The Morgan fingerprint density at radius 3 is 2.50 bits per heavy atom. The number of rotatable bonds is 4. The topological polar surface area (TPSA) is 46.6 Å². The molecule has 0 aliphatic rings. The molecule has 0 spiro atoms. The zero-order valence-corrected chi connectivity index (χ0v) is 7.53. The van der Waals surface area contributed by atoms with Crippen molar-refractivity contribution in [3.63, 3.8) is 0 Å². The van der Waals surface area contributed by atoms with Crippen LogP contribution in [-0.2, 0) is 14.3 Å². The lowest BCUT2D eigenvalue weighted by Crippen LogP contribution is -2.32. The first-order valence-corrected chi connectivity index (χ1v) is 3.52. The molecule has 0 heterocycles. The molecule has 1 atom stereocenters. The van der Waals surface area contributed by atoms with Gasteiger partial charge in [0.2, 0.25) is 6.41 Å². The van der Waals surface area contributed by atoms with Gasteiger partial charge in [-0.15, -0.1) is 0 Å². The van der Waals surface area contributed by atoms with E-state index in [-0.39, 0.29) is 0 Å². The van der Waals surface area contributed by atoms with Crippen LogP contribution in [0.5, 0.6) is 0 Å². The van der Waals surface area contributed by atoms with Gasteiger partial charge in [0.1, 0.15) is 0 Å². The molecule has 4 heteroatoms. The van der Waals surface area contributed by atoms with E-state index in [4.69, 9.17) is 4.74 Å². The molecule has 68 valence electrons. The van der Waals surface area contributed by atoms with E-state index in [2.05, 4.69) is 6.58 Å². The monoisotopic (exact) mass is 171 g/mol. The van der Waals surface area contributed by atoms with E-state index in [0.717, 1.165) is 0 Å². The molecule has 4 nitrogen and oxygen atoms in total. The van der Waals surface area contributed by atoms with E-state index in [1.165, 1.54) is 11.9 Å². The average Bonchev–Trinajstić information content (AvgIpc) is 2.02. The van der Waals surface area contributed by atoms with Crippen molar-refractivity contribution in [1.82, 2.24) is 4.90 Å². The summed E-state index contributed by atoms with van der Waals surface area (Å²) < 4.78 is 4.82. The van der Waals surface area contributed by atoms with Gasteiger partial charge in [-0.05, 0) is 13.8 Å². The van der Waals surface area contributed by atoms with Gasteiger partial charge in [0.25, 0.3) is 0 Å². The van der Waals surface area contributed by atoms with E-state index in [9.17, 15) is 9.59 Å². The lowest BCUT2D eigenvalue weighted by atomic mass is 10.4. The van der Waals surface area contributed by atoms with Crippen molar-refractivity contribution in [2.75, 3.05) is 7.05 Å². The maximum atomic E-state index is 10.9. The van der Waals surface area contributed by atoms with Gasteiger partial charge in [0.15, 0.2) is 6.23 Å². The molecule has 0 fully saturated rings. The first kappa shape index (κ1) is 10.7. The Hall–Kier alpha value is -1.32. The molecule has 0 aliphatic carbocycles. The van der Waals surface area contributed by atoms with Gasteiger partial charge in [-0.2, -0.15) is 0 Å². The van der Waals surface area contributed by atoms with Crippen molar-refractivity contribution in [1.29, 1.82) is 0 Å². The summed E-state index contributed by atoms with van der Waals surface area (Å²) >= 11 is 0. The van der Waals surface area contributed by atoms with Crippen LogP contribution < -0.4 is 0 Å². The van der Waals surface area contributed by atoms with Crippen LogP contribution >= 0.6 is 0 Å². The summed E-state index contributed by atoms with van der Waals surface area (Å²) in [6.07, 6.45) is 0.0443. The summed E-state index contributed by atoms with van der Waals surface area (Å²) in [5.74, 6) is -0.490. The molecule has 0 bridgehead atoms. The number of hydrogen-bond donors (Lipinski definition) is 0. The first-order chi connectivity index (χ1) is 5.49. The van der Waals surface area contributed by atoms with Gasteiger partial charge in [-0.3, -0.25) is 4.79 Å². The fraction of sp³-hybridized carbons (Fsp3) is 0.500. The summed E-state index contributed by atoms with van der Waals surface area (Å²) in [6.45, 7) is 6.57. The standard InChI is InChI=1S/C8H13NO3/c1-6(2)8(11)12-7(3)9(4)5-10/h5,7H,1H2,2-4H3. The second-order valence-corrected chi connectivity index (χ2v) is 2.56. The minimum absolute atomic E-state index is 0.321. The van der Waals surface area contributed by atoms with Crippen LogP contribution in [0.4, 0.5) is 0 Å². The molecule has 0 saturated carbocycles. The fourth-order valence-corrected chi connectivity index (χ4v) is 0.424. The Kier molecular flexibility index (Phi) is 4.04. The maximum absolute atomic E-state index is 10.9.